The smallest absolute Gasteiger partial charge is 0.337 e. The fourth-order valence-electron chi connectivity index (χ4n) is 3.32. The zero-order valence-corrected chi connectivity index (χ0v) is 19.9. The van der Waals surface area contributed by atoms with Gasteiger partial charge in [0.15, 0.2) is 0 Å². The molecule has 1 amide bonds. The van der Waals surface area contributed by atoms with Gasteiger partial charge in [-0.15, -0.1) is 0 Å². The van der Waals surface area contributed by atoms with Crippen molar-refractivity contribution >= 4 is 40.9 Å². The van der Waals surface area contributed by atoms with Crippen LogP contribution in [0.3, 0.4) is 0 Å². The Morgan fingerprint density at radius 2 is 1.64 bits per heavy atom. The summed E-state index contributed by atoms with van der Waals surface area (Å²) in [7, 11) is 1.99. The molecule has 170 valence electrons. The van der Waals surface area contributed by atoms with E-state index in [9.17, 15) is 14.7 Å². The first-order chi connectivity index (χ1) is 15.7. The van der Waals surface area contributed by atoms with E-state index < -0.39 is 11.9 Å². The third kappa shape index (κ3) is 5.81. The molecule has 0 saturated carbocycles. The van der Waals surface area contributed by atoms with E-state index in [1.807, 2.05) is 45.2 Å². The molecule has 3 rings (SSSR count). The Hall–Kier alpha value is -3.58. The Morgan fingerprint density at radius 1 is 1.00 bits per heavy atom. The molecular formula is C26H27N3O3S. The first kappa shape index (κ1) is 24.1. The molecule has 33 heavy (non-hydrogen) atoms. The molecule has 0 heterocycles. The second-order valence-corrected chi connectivity index (χ2v) is 9.19. The van der Waals surface area contributed by atoms with Crippen LogP contribution in [0.4, 0.5) is 11.4 Å². The lowest BCUT2D eigenvalue weighted by molar-refractivity contribution is 0.0698. The second-order valence-electron chi connectivity index (χ2n) is 7.99. The number of nitrogens with one attached hydrogen (secondary N) is 2. The lowest BCUT2D eigenvalue weighted by Crippen LogP contribution is -2.16. The maximum atomic E-state index is 12.8. The van der Waals surface area contributed by atoms with Gasteiger partial charge in [-0.25, -0.2) is 4.79 Å². The number of anilines is 2. The number of benzene rings is 3. The average Bonchev–Trinajstić information content (AvgIpc) is 2.79. The van der Waals surface area contributed by atoms with Gasteiger partial charge in [0.2, 0.25) is 0 Å². The molecule has 3 aromatic carbocycles. The van der Waals surface area contributed by atoms with E-state index in [0.29, 0.717) is 16.8 Å². The van der Waals surface area contributed by atoms with E-state index in [1.54, 1.807) is 30.1 Å². The van der Waals surface area contributed by atoms with E-state index in [4.69, 9.17) is 5.41 Å². The van der Waals surface area contributed by atoms with E-state index in [-0.39, 0.29) is 17.2 Å². The number of aryl methyl sites for hydroxylation is 1. The SMILES string of the molecule is Cc1ccccc1N(C)Sc1ccc(C(=O)Nc2ccc(C(=N)C(C)C)cc2C(=O)O)cc1. The molecule has 0 aromatic heterocycles. The van der Waals surface area contributed by atoms with Crippen LogP contribution in [-0.2, 0) is 0 Å². The number of nitrogens with zero attached hydrogens (tertiary/aromatic N) is 1. The van der Waals surface area contributed by atoms with Gasteiger partial charge in [-0.3, -0.25) is 4.79 Å². The monoisotopic (exact) mass is 461 g/mol. The summed E-state index contributed by atoms with van der Waals surface area (Å²) in [4.78, 5) is 25.5. The summed E-state index contributed by atoms with van der Waals surface area (Å²) in [5.74, 6) is -1.59. The molecule has 0 aliphatic carbocycles. The third-order valence-corrected chi connectivity index (χ3v) is 6.15. The van der Waals surface area contributed by atoms with Gasteiger partial charge < -0.3 is 20.1 Å². The Kier molecular flexibility index (Phi) is 7.55. The number of aromatic carboxylic acids is 1. The van der Waals surface area contributed by atoms with Crippen LogP contribution in [0, 0.1) is 18.3 Å². The molecule has 0 atom stereocenters. The van der Waals surface area contributed by atoms with E-state index in [1.165, 1.54) is 17.7 Å². The summed E-state index contributed by atoms with van der Waals surface area (Å²) < 4.78 is 2.07. The van der Waals surface area contributed by atoms with Crippen LogP contribution in [0.15, 0.2) is 71.6 Å². The van der Waals surface area contributed by atoms with Crippen molar-refractivity contribution in [2.75, 3.05) is 16.7 Å². The van der Waals surface area contributed by atoms with Crippen molar-refractivity contribution in [3.63, 3.8) is 0 Å². The van der Waals surface area contributed by atoms with Gasteiger partial charge in [-0.1, -0.05) is 38.1 Å². The van der Waals surface area contributed by atoms with Gasteiger partial charge in [0.1, 0.15) is 0 Å². The molecule has 0 unspecified atom stereocenters. The van der Waals surface area contributed by atoms with Gasteiger partial charge in [-0.2, -0.15) is 0 Å². The Labute approximate surface area is 198 Å². The van der Waals surface area contributed by atoms with E-state index in [2.05, 4.69) is 28.7 Å². The van der Waals surface area contributed by atoms with Crippen LogP contribution in [0.1, 0.15) is 45.7 Å². The summed E-state index contributed by atoms with van der Waals surface area (Å²) in [6.45, 7) is 5.81. The van der Waals surface area contributed by atoms with Crippen molar-refractivity contribution in [3.8, 4) is 0 Å². The average molecular weight is 462 g/mol. The Bertz CT molecular complexity index is 1190. The van der Waals surface area contributed by atoms with Crippen LogP contribution < -0.4 is 9.62 Å². The van der Waals surface area contributed by atoms with Crippen molar-refractivity contribution in [1.82, 2.24) is 0 Å². The van der Waals surface area contributed by atoms with Crippen LogP contribution in [0.2, 0.25) is 0 Å². The first-order valence-electron chi connectivity index (χ1n) is 10.5. The number of carboxylic acids is 1. The maximum absolute atomic E-state index is 12.8. The predicted octanol–water partition coefficient (Wildman–Crippen LogP) is 6.11. The standard InChI is InChI=1S/C26H27N3O3S/c1-16(2)24(27)19-11-14-22(21(15-19)26(31)32)28-25(30)18-9-12-20(13-10-18)33-29(4)23-8-6-5-7-17(23)3/h5-16,27H,1-4H3,(H,28,30)(H,31,32). The number of hydrogen-bond acceptors (Lipinski definition) is 5. The van der Waals surface area contributed by atoms with Gasteiger partial charge >= 0.3 is 5.97 Å². The van der Waals surface area contributed by atoms with Gasteiger partial charge in [-0.05, 0) is 78.4 Å². The lowest BCUT2D eigenvalue weighted by atomic mass is 9.97. The first-order valence-corrected chi connectivity index (χ1v) is 11.3. The van der Waals surface area contributed by atoms with Crippen molar-refractivity contribution in [3.05, 3.63) is 89.0 Å². The summed E-state index contributed by atoms with van der Waals surface area (Å²) in [6.07, 6.45) is 0. The predicted molar refractivity (Wildman–Crippen MR) is 135 cm³/mol. The summed E-state index contributed by atoms with van der Waals surface area (Å²) >= 11 is 1.55. The van der Waals surface area contributed by atoms with Crippen molar-refractivity contribution in [1.29, 1.82) is 5.41 Å². The lowest BCUT2D eigenvalue weighted by Gasteiger charge is -2.20. The van der Waals surface area contributed by atoms with Crippen molar-refractivity contribution < 1.29 is 14.7 Å². The zero-order valence-electron chi connectivity index (χ0n) is 19.0. The fourth-order valence-corrected chi connectivity index (χ4v) is 4.19. The second kappa shape index (κ2) is 10.4. The van der Waals surface area contributed by atoms with E-state index >= 15 is 0 Å². The number of para-hydroxylation sites is 1. The summed E-state index contributed by atoms with van der Waals surface area (Å²) in [6, 6.07) is 19.9. The molecule has 0 saturated heterocycles. The summed E-state index contributed by atoms with van der Waals surface area (Å²) in [5.41, 5.74) is 3.74. The molecule has 0 aliphatic heterocycles. The number of carboxylic acid groups (broad SMARTS) is 1. The Balaban J connectivity index is 1.74. The van der Waals surface area contributed by atoms with Crippen LogP contribution in [0.25, 0.3) is 0 Å². The highest BCUT2D eigenvalue weighted by Gasteiger charge is 2.17. The molecular weight excluding hydrogens is 434 g/mol. The molecule has 7 heteroatoms. The molecule has 0 fully saturated rings. The highest BCUT2D eigenvalue weighted by molar-refractivity contribution is 8.00. The quantitative estimate of drug-likeness (QED) is 0.278. The highest BCUT2D eigenvalue weighted by Crippen LogP contribution is 2.29. The zero-order chi connectivity index (χ0) is 24.1. The topological polar surface area (TPSA) is 93.5 Å². The van der Waals surface area contributed by atoms with Crippen LogP contribution >= 0.6 is 11.9 Å². The van der Waals surface area contributed by atoms with Crippen molar-refractivity contribution in [2.45, 2.75) is 25.7 Å². The molecule has 3 N–H and O–H groups in total. The molecule has 0 bridgehead atoms. The molecule has 0 aliphatic rings. The molecule has 3 aromatic rings. The van der Waals surface area contributed by atoms with Crippen molar-refractivity contribution in [2.24, 2.45) is 5.92 Å². The molecule has 0 spiro atoms. The summed E-state index contributed by atoms with van der Waals surface area (Å²) in [5, 5.41) is 20.4. The number of rotatable bonds is 8. The largest absolute Gasteiger partial charge is 0.478 e. The van der Waals surface area contributed by atoms with Crippen LogP contribution in [0.5, 0.6) is 0 Å². The fraction of sp³-hybridized carbons (Fsp3) is 0.192. The number of carbonyl (C=O) groups excluding carboxylic acids is 1. The number of carbonyl (C=O) groups is 2. The number of amides is 1. The number of hydrogen-bond donors (Lipinski definition) is 3. The minimum absolute atomic E-state index is 0.0340. The van der Waals surface area contributed by atoms with E-state index in [0.717, 1.165) is 10.6 Å². The van der Waals surface area contributed by atoms with Crippen LogP contribution in [-0.4, -0.2) is 29.7 Å². The van der Waals surface area contributed by atoms with Gasteiger partial charge in [0, 0.05) is 28.9 Å². The normalized spacial score (nSPS) is 10.7. The third-order valence-electron chi connectivity index (χ3n) is 5.20. The maximum Gasteiger partial charge on any atom is 0.337 e. The van der Waals surface area contributed by atoms with Gasteiger partial charge in [0.05, 0.1) is 11.3 Å². The minimum Gasteiger partial charge on any atom is -0.478 e. The van der Waals surface area contributed by atoms with Gasteiger partial charge in [0.25, 0.3) is 5.91 Å². The highest BCUT2D eigenvalue weighted by atomic mass is 32.2. The Morgan fingerprint density at radius 3 is 2.24 bits per heavy atom. The molecule has 6 nitrogen and oxygen atoms in total. The molecule has 0 radical (unpaired) electrons. The minimum atomic E-state index is -1.16.